The molecule has 0 atom stereocenters. The van der Waals surface area contributed by atoms with E-state index in [0.29, 0.717) is 10.2 Å². The van der Waals surface area contributed by atoms with Gasteiger partial charge in [-0.2, -0.15) is 0 Å². The number of benzene rings is 1. The van der Waals surface area contributed by atoms with Crippen LogP contribution >= 0.6 is 23.2 Å². The Hall–Kier alpha value is -0.790. The summed E-state index contributed by atoms with van der Waals surface area (Å²) in [6, 6.07) is 4.07. The van der Waals surface area contributed by atoms with Crippen LogP contribution in [-0.2, 0) is 0 Å². The predicted octanol–water partition coefficient (Wildman–Crippen LogP) is 4.16. The summed E-state index contributed by atoms with van der Waals surface area (Å²) in [5, 5.41) is 3.14. The lowest BCUT2D eigenvalue weighted by atomic mass is 10.0. The quantitative estimate of drug-likeness (QED) is 0.614. The van der Waals surface area contributed by atoms with Crippen molar-refractivity contribution in [3.8, 4) is 0 Å². The zero-order valence-corrected chi connectivity index (χ0v) is 9.45. The topological polar surface area (TPSA) is 12.9 Å². The van der Waals surface area contributed by atoms with Gasteiger partial charge >= 0.3 is 0 Å². The zero-order valence-electron chi connectivity index (χ0n) is 7.94. The lowest BCUT2D eigenvalue weighted by Gasteiger charge is -2.08. The smallest absolute Gasteiger partial charge is 0.137 e. The molecular weight excluding hydrogens is 217 g/mol. The van der Waals surface area contributed by atoms with E-state index in [1.54, 1.807) is 6.20 Å². The minimum atomic E-state index is 0.519. The summed E-state index contributed by atoms with van der Waals surface area (Å²) in [7, 11) is 0. The van der Waals surface area contributed by atoms with Gasteiger partial charge in [-0.25, -0.2) is 4.98 Å². The van der Waals surface area contributed by atoms with Gasteiger partial charge in [0, 0.05) is 17.0 Å². The third kappa shape index (κ3) is 1.37. The molecule has 0 aliphatic heterocycles. The Morgan fingerprint density at radius 2 is 1.57 bits per heavy atom. The highest BCUT2D eigenvalue weighted by Crippen LogP contribution is 2.32. The van der Waals surface area contributed by atoms with Crippen LogP contribution in [-0.4, -0.2) is 4.98 Å². The number of hydrogen-bond donors (Lipinski definition) is 0. The van der Waals surface area contributed by atoms with Crippen molar-refractivity contribution < 1.29 is 0 Å². The van der Waals surface area contributed by atoms with Crippen LogP contribution < -0.4 is 0 Å². The van der Waals surface area contributed by atoms with Gasteiger partial charge in [0.25, 0.3) is 0 Å². The predicted molar refractivity (Wildman–Crippen MR) is 61.2 cm³/mol. The Morgan fingerprint density at radius 1 is 1.00 bits per heavy atom. The van der Waals surface area contributed by atoms with E-state index in [1.807, 2.05) is 26.0 Å². The molecule has 2 aromatic rings. The summed E-state index contributed by atoms with van der Waals surface area (Å²) in [5.41, 5.74) is 2.23. The second kappa shape index (κ2) is 3.41. The van der Waals surface area contributed by atoms with Gasteiger partial charge in [0.15, 0.2) is 0 Å². The zero-order chi connectivity index (χ0) is 10.3. The Labute approximate surface area is 92.7 Å². The molecule has 0 spiro atoms. The number of aryl methyl sites for hydroxylation is 2. The van der Waals surface area contributed by atoms with Crippen molar-refractivity contribution in [1.29, 1.82) is 0 Å². The molecule has 3 heteroatoms. The van der Waals surface area contributed by atoms with Crippen molar-refractivity contribution in [2.24, 2.45) is 0 Å². The number of aromatic nitrogens is 1. The first-order valence-electron chi connectivity index (χ1n) is 4.31. The molecule has 0 bridgehead atoms. The largest absolute Gasteiger partial charge is 0.242 e. The molecule has 0 radical (unpaired) electrons. The molecule has 1 heterocycles. The normalized spacial score (nSPS) is 10.9. The summed E-state index contributed by atoms with van der Waals surface area (Å²) < 4.78 is 0. The van der Waals surface area contributed by atoms with Crippen molar-refractivity contribution in [2.45, 2.75) is 13.8 Å². The van der Waals surface area contributed by atoms with Crippen LogP contribution in [0.5, 0.6) is 0 Å². The Morgan fingerprint density at radius 3 is 2.14 bits per heavy atom. The van der Waals surface area contributed by atoms with E-state index in [4.69, 9.17) is 23.2 Å². The monoisotopic (exact) mass is 225 g/mol. The van der Waals surface area contributed by atoms with Gasteiger partial charge in [0.1, 0.15) is 5.15 Å². The first-order valence-corrected chi connectivity index (χ1v) is 5.07. The number of pyridine rings is 1. The Kier molecular flexibility index (Phi) is 2.38. The van der Waals surface area contributed by atoms with Crippen LogP contribution in [0.4, 0.5) is 0 Å². The maximum absolute atomic E-state index is 6.09. The van der Waals surface area contributed by atoms with Crippen molar-refractivity contribution >= 4 is 34.0 Å². The fraction of sp³-hybridized carbons (Fsp3) is 0.182. The summed E-state index contributed by atoms with van der Waals surface area (Å²) in [6.45, 7) is 4.02. The first-order chi connectivity index (χ1) is 6.61. The van der Waals surface area contributed by atoms with Gasteiger partial charge in [0.05, 0.1) is 5.02 Å². The van der Waals surface area contributed by atoms with E-state index >= 15 is 0 Å². The summed E-state index contributed by atoms with van der Waals surface area (Å²) >= 11 is 12.1. The molecular formula is C11H9Cl2N. The SMILES string of the molecule is Cc1ccc(C)c2c(Cl)ncc(Cl)c12. The number of rotatable bonds is 0. The van der Waals surface area contributed by atoms with Crippen molar-refractivity contribution in [2.75, 3.05) is 0 Å². The number of fused-ring (bicyclic) bond motifs is 1. The Balaban J connectivity index is 3.05. The van der Waals surface area contributed by atoms with Crippen LogP contribution in [0.15, 0.2) is 18.3 Å². The van der Waals surface area contributed by atoms with E-state index in [1.165, 1.54) is 0 Å². The van der Waals surface area contributed by atoms with Gasteiger partial charge < -0.3 is 0 Å². The Bertz CT molecular complexity index is 417. The molecule has 2 rings (SSSR count). The van der Waals surface area contributed by atoms with Gasteiger partial charge in [0.2, 0.25) is 0 Å². The van der Waals surface area contributed by atoms with Gasteiger partial charge in [-0.1, -0.05) is 35.3 Å². The molecule has 0 fully saturated rings. The summed E-state index contributed by atoms with van der Waals surface area (Å²) in [6.07, 6.45) is 1.60. The van der Waals surface area contributed by atoms with E-state index < -0.39 is 0 Å². The first kappa shape index (κ1) is 9.75. The third-order valence-electron chi connectivity index (χ3n) is 2.36. The number of hydrogen-bond acceptors (Lipinski definition) is 1. The van der Waals surface area contributed by atoms with Gasteiger partial charge in [-0.3, -0.25) is 0 Å². The third-order valence-corrected chi connectivity index (χ3v) is 2.93. The summed E-state index contributed by atoms with van der Waals surface area (Å²) in [4.78, 5) is 4.04. The second-order valence-corrected chi connectivity index (χ2v) is 4.11. The number of halogens is 2. The maximum Gasteiger partial charge on any atom is 0.137 e. The highest BCUT2D eigenvalue weighted by Gasteiger charge is 2.08. The van der Waals surface area contributed by atoms with Crippen LogP contribution in [0.3, 0.4) is 0 Å². The van der Waals surface area contributed by atoms with Crippen LogP contribution in [0, 0.1) is 13.8 Å². The van der Waals surface area contributed by atoms with Crippen LogP contribution in [0.1, 0.15) is 11.1 Å². The summed E-state index contributed by atoms with van der Waals surface area (Å²) in [5.74, 6) is 0. The molecule has 1 nitrogen and oxygen atoms in total. The maximum atomic E-state index is 6.09. The average Bonchev–Trinajstić information content (AvgIpc) is 2.16. The molecule has 0 aliphatic rings. The molecule has 0 aliphatic carbocycles. The second-order valence-electron chi connectivity index (χ2n) is 3.35. The molecule has 0 N–H and O–H groups in total. The highest BCUT2D eigenvalue weighted by molar-refractivity contribution is 6.39. The molecule has 0 saturated heterocycles. The molecule has 0 saturated carbocycles. The van der Waals surface area contributed by atoms with Gasteiger partial charge in [-0.15, -0.1) is 0 Å². The molecule has 0 amide bonds. The molecule has 1 aromatic carbocycles. The molecule has 0 unspecified atom stereocenters. The van der Waals surface area contributed by atoms with Crippen molar-refractivity contribution in [3.05, 3.63) is 39.6 Å². The van der Waals surface area contributed by atoms with E-state index in [2.05, 4.69) is 4.98 Å². The molecule has 72 valence electrons. The van der Waals surface area contributed by atoms with Crippen molar-refractivity contribution in [3.63, 3.8) is 0 Å². The average molecular weight is 226 g/mol. The lowest BCUT2D eigenvalue weighted by molar-refractivity contribution is 1.34. The fourth-order valence-corrected chi connectivity index (χ4v) is 2.21. The van der Waals surface area contributed by atoms with E-state index in [-0.39, 0.29) is 0 Å². The van der Waals surface area contributed by atoms with Crippen LogP contribution in [0.2, 0.25) is 10.2 Å². The van der Waals surface area contributed by atoms with Gasteiger partial charge in [-0.05, 0) is 25.0 Å². The minimum Gasteiger partial charge on any atom is -0.242 e. The fourth-order valence-electron chi connectivity index (χ4n) is 1.63. The number of nitrogens with zero attached hydrogens (tertiary/aromatic N) is 1. The van der Waals surface area contributed by atoms with Crippen molar-refractivity contribution in [1.82, 2.24) is 4.98 Å². The highest BCUT2D eigenvalue weighted by atomic mass is 35.5. The van der Waals surface area contributed by atoms with E-state index in [9.17, 15) is 0 Å². The molecule has 1 aromatic heterocycles. The minimum absolute atomic E-state index is 0.519. The van der Waals surface area contributed by atoms with Crippen LogP contribution in [0.25, 0.3) is 10.8 Å². The van der Waals surface area contributed by atoms with E-state index in [0.717, 1.165) is 21.9 Å². The molecule has 14 heavy (non-hydrogen) atoms. The standard InChI is InChI=1S/C11H9Cl2N/c1-6-3-4-7(2)10-9(6)8(12)5-14-11(10)13/h3-5H,1-2H3. The lowest BCUT2D eigenvalue weighted by Crippen LogP contribution is -1.87.